The van der Waals surface area contributed by atoms with Crippen molar-refractivity contribution < 1.29 is 4.74 Å². The summed E-state index contributed by atoms with van der Waals surface area (Å²) in [6.45, 7) is 4.62. The Morgan fingerprint density at radius 3 is 2.71 bits per heavy atom. The summed E-state index contributed by atoms with van der Waals surface area (Å²) in [4.78, 5) is 10.8. The second kappa shape index (κ2) is 6.43. The van der Waals surface area contributed by atoms with Gasteiger partial charge in [-0.25, -0.2) is 4.98 Å². The van der Waals surface area contributed by atoms with Gasteiger partial charge >= 0.3 is 0 Å². The topological polar surface area (TPSA) is 68.4 Å². The Labute approximate surface area is 140 Å². The molecule has 0 radical (unpaired) electrons. The molecule has 4 heterocycles. The van der Waals surface area contributed by atoms with Gasteiger partial charge in [0.25, 0.3) is 0 Å². The fourth-order valence-electron chi connectivity index (χ4n) is 3.11. The minimum absolute atomic E-state index is 0.564. The van der Waals surface area contributed by atoms with Crippen LogP contribution >= 0.6 is 0 Å². The highest BCUT2D eigenvalue weighted by atomic mass is 16.5. The van der Waals surface area contributed by atoms with E-state index in [1.165, 1.54) is 0 Å². The van der Waals surface area contributed by atoms with Crippen molar-refractivity contribution in [3.8, 4) is 5.75 Å². The average molecular weight is 324 g/mol. The Balaban J connectivity index is 1.39. The Morgan fingerprint density at radius 1 is 1.12 bits per heavy atom. The zero-order valence-electron chi connectivity index (χ0n) is 13.7. The Bertz CT molecular complexity index is 810. The number of rotatable bonds is 4. The minimum Gasteiger partial charge on any atom is -0.493 e. The van der Waals surface area contributed by atoms with Crippen LogP contribution in [0.15, 0.2) is 36.9 Å². The van der Waals surface area contributed by atoms with E-state index < -0.39 is 0 Å². The predicted octanol–water partition coefficient (Wildman–Crippen LogP) is 2.12. The first-order chi connectivity index (χ1) is 11.8. The minimum atomic E-state index is 0.564. The molecule has 0 saturated carbocycles. The lowest BCUT2D eigenvalue weighted by Crippen LogP contribution is -2.36. The molecule has 1 aliphatic rings. The molecule has 124 valence electrons. The van der Waals surface area contributed by atoms with Crippen molar-refractivity contribution in [2.24, 2.45) is 5.92 Å². The van der Waals surface area contributed by atoms with Gasteiger partial charge in [0.1, 0.15) is 11.6 Å². The molecule has 4 rings (SSSR count). The Morgan fingerprint density at radius 2 is 1.92 bits per heavy atom. The number of anilines is 1. The fourth-order valence-corrected chi connectivity index (χ4v) is 3.11. The SMILES string of the molecule is Cc1nnc2c(N3CCC(COc4ccncc4)CC3)nccn12. The van der Waals surface area contributed by atoms with Crippen LogP contribution in [0.25, 0.3) is 5.65 Å². The normalized spacial score (nSPS) is 15.8. The van der Waals surface area contributed by atoms with Crippen molar-refractivity contribution in [3.05, 3.63) is 42.7 Å². The zero-order valence-corrected chi connectivity index (χ0v) is 13.7. The molecular formula is C17H20N6O. The van der Waals surface area contributed by atoms with Crippen LogP contribution < -0.4 is 9.64 Å². The zero-order chi connectivity index (χ0) is 16.4. The second-order valence-corrected chi connectivity index (χ2v) is 6.12. The molecule has 1 fully saturated rings. The summed E-state index contributed by atoms with van der Waals surface area (Å²) in [6, 6.07) is 3.79. The molecule has 7 nitrogen and oxygen atoms in total. The standard InChI is InChI=1S/C17H20N6O/c1-13-20-21-17-16(19-8-11-23(13)17)22-9-4-14(5-10-22)12-24-15-2-6-18-7-3-15/h2-3,6-8,11,14H,4-5,9-10,12H2,1H3. The summed E-state index contributed by atoms with van der Waals surface area (Å²) in [5.41, 5.74) is 0.835. The van der Waals surface area contributed by atoms with Gasteiger partial charge in [0, 0.05) is 37.9 Å². The van der Waals surface area contributed by atoms with Gasteiger partial charge in [-0.3, -0.25) is 9.38 Å². The maximum absolute atomic E-state index is 5.86. The Hall–Kier alpha value is -2.70. The second-order valence-electron chi connectivity index (χ2n) is 6.12. The van der Waals surface area contributed by atoms with E-state index in [-0.39, 0.29) is 0 Å². The lowest BCUT2D eigenvalue weighted by Gasteiger charge is -2.32. The highest BCUT2D eigenvalue weighted by molar-refractivity contribution is 5.63. The third kappa shape index (κ3) is 2.89. The fraction of sp³-hybridized carbons (Fsp3) is 0.412. The van der Waals surface area contributed by atoms with E-state index in [1.807, 2.05) is 35.9 Å². The molecule has 0 spiro atoms. The molecule has 24 heavy (non-hydrogen) atoms. The quantitative estimate of drug-likeness (QED) is 0.732. The summed E-state index contributed by atoms with van der Waals surface area (Å²) in [7, 11) is 0. The number of nitrogens with zero attached hydrogens (tertiary/aromatic N) is 6. The summed E-state index contributed by atoms with van der Waals surface area (Å²) in [5.74, 6) is 3.26. The molecule has 0 bridgehead atoms. The molecule has 3 aromatic rings. The van der Waals surface area contributed by atoms with Gasteiger partial charge in [-0.05, 0) is 37.8 Å². The van der Waals surface area contributed by atoms with Gasteiger partial charge in [0.2, 0.25) is 5.65 Å². The largest absolute Gasteiger partial charge is 0.493 e. The van der Waals surface area contributed by atoms with Gasteiger partial charge in [-0.15, -0.1) is 10.2 Å². The van der Waals surface area contributed by atoms with Crippen molar-refractivity contribution >= 4 is 11.5 Å². The first kappa shape index (κ1) is 14.9. The molecule has 0 atom stereocenters. The molecule has 0 N–H and O–H groups in total. The summed E-state index contributed by atoms with van der Waals surface area (Å²) < 4.78 is 7.85. The number of aryl methyl sites for hydroxylation is 1. The van der Waals surface area contributed by atoms with Gasteiger partial charge in [0.05, 0.1) is 6.61 Å². The van der Waals surface area contributed by atoms with Crippen LogP contribution in [0.5, 0.6) is 5.75 Å². The van der Waals surface area contributed by atoms with Crippen molar-refractivity contribution in [2.45, 2.75) is 19.8 Å². The highest BCUT2D eigenvalue weighted by Crippen LogP contribution is 2.25. The van der Waals surface area contributed by atoms with Crippen molar-refractivity contribution in [1.82, 2.24) is 24.6 Å². The average Bonchev–Trinajstić information content (AvgIpc) is 3.03. The molecule has 7 heteroatoms. The van der Waals surface area contributed by atoms with E-state index in [2.05, 4.69) is 25.1 Å². The number of piperidine rings is 1. The van der Waals surface area contributed by atoms with Crippen LogP contribution in [0.1, 0.15) is 18.7 Å². The number of pyridine rings is 1. The third-order valence-electron chi connectivity index (χ3n) is 4.53. The van der Waals surface area contributed by atoms with Crippen molar-refractivity contribution in [2.75, 3.05) is 24.6 Å². The molecule has 0 unspecified atom stereocenters. The lowest BCUT2D eigenvalue weighted by atomic mass is 9.98. The molecule has 3 aromatic heterocycles. The van der Waals surface area contributed by atoms with Crippen LogP contribution in [-0.4, -0.2) is 44.3 Å². The highest BCUT2D eigenvalue weighted by Gasteiger charge is 2.23. The van der Waals surface area contributed by atoms with E-state index in [1.54, 1.807) is 12.4 Å². The third-order valence-corrected chi connectivity index (χ3v) is 4.53. The summed E-state index contributed by atoms with van der Waals surface area (Å²) in [5, 5.41) is 8.42. The number of ether oxygens (including phenoxy) is 1. The summed E-state index contributed by atoms with van der Waals surface area (Å²) >= 11 is 0. The molecule has 0 aliphatic carbocycles. The molecule has 0 amide bonds. The van der Waals surface area contributed by atoms with Crippen LogP contribution in [0.3, 0.4) is 0 Å². The number of hydrogen-bond donors (Lipinski definition) is 0. The molecule has 0 aromatic carbocycles. The first-order valence-electron chi connectivity index (χ1n) is 8.25. The van der Waals surface area contributed by atoms with Gasteiger partial charge < -0.3 is 9.64 Å². The first-order valence-corrected chi connectivity index (χ1v) is 8.25. The maximum atomic E-state index is 5.86. The van der Waals surface area contributed by atoms with Crippen LogP contribution in [0.4, 0.5) is 5.82 Å². The van der Waals surface area contributed by atoms with Gasteiger partial charge in [0.15, 0.2) is 5.82 Å². The number of aromatic nitrogens is 5. The number of fused-ring (bicyclic) bond motifs is 1. The Kier molecular flexibility index (Phi) is 3.98. The van der Waals surface area contributed by atoms with Crippen LogP contribution in [0.2, 0.25) is 0 Å². The van der Waals surface area contributed by atoms with E-state index in [9.17, 15) is 0 Å². The maximum Gasteiger partial charge on any atom is 0.203 e. The van der Waals surface area contributed by atoms with Crippen LogP contribution in [-0.2, 0) is 0 Å². The van der Waals surface area contributed by atoms with Gasteiger partial charge in [-0.2, -0.15) is 0 Å². The van der Waals surface area contributed by atoms with E-state index in [0.29, 0.717) is 5.92 Å². The monoisotopic (exact) mass is 324 g/mol. The molecule has 1 saturated heterocycles. The predicted molar refractivity (Wildman–Crippen MR) is 90.2 cm³/mol. The van der Waals surface area contributed by atoms with E-state index in [0.717, 1.165) is 55.6 Å². The lowest BCUT2D eigenvalue weighted by molar-refractivity contribution is 0.222. The van der Waals surface area contributed by atoms with Gasteiger partial charge in [-0.1, -0.05) is 0 Å². The summed E-state index contributed by atoms with van der Waals surface area (Å²) in [6.07, 6.45) is 9.40. The molecular weight excluding hydrogens is 304 g/mol. The number of hydrogen-bond acceptors (Lipinski definition) is 6. The van der Waals surface area contributed by atoms with E-state index in [4.69, 9.17) is 4.74 Å². The van der Waals surface area contributed by atoms with Crippen LogP contribution in [0, 0.1) is 12.8 Å². The van der Waals surface area contributed by atoms with E-state index >= 15 is 0 Å². The smallest absolute Gasteiger partial charge is 0.203 e. The van der Waals surface area contributed by atoms with Crippen molar-refractivity contribution in [1.29, 1.82) is 0 Å². The van der Waals surface area contributed by atoms with Crippen molar-refractivity contribution in [3.63, 3.8) is 0 Å². The molecule has 1 aliphatic heterocycles.